The molecule has 2 aromatic carbocycles. The predicted octanol–water partition coefficient (Wildman–Crippen LogP) is 4.89. The lowest BCUT2D eigenvalue weighted by Gasteiger charge is -2.30. The molecule has 160 valence electrons. The number of carbonyl (C=O) groups excluding carboxylic acids is 1. The summed E-state index contributed by atoms with van der Waals surface area (Å²) in [4.78, 5) is 23.2. The maximum absolute atomic E-state index is 11.6. The van der Waals surface area contributed by atoms with Crippen LogP contribution in [-0.4, -0.2) is 33.9 Å². The summed E-state index contributed by atoms with van der Waals surface area (Å²) < 4.78 is 0. The van der Waals surface area contributed by atoms with Crippen molar-refractivity contribution in [1.29, 1.82) is 0 Å². The minimum atomic E-state index is -0.409. The zero-order valence-electron chi connectivity index (χ0n) is 17.7. The van der Waals surface area contributed by atoms with Crippen LogP contribution in [0.1, 0.15) is 40.0 Å². The number of fused-ring (bicyclic) bond motifs is 1. The molecule has 4 aromatic rings. The fourth-order valence-corrected chi connectivity index (χ4v) is 4.98. The third-order valence-electron chi connectivity index (χ3n) is 6.04. The van der Waals surface area contributed by atoms with E-state index in [0.29, 0.717) is 5.56 Å². The zero-order valence-corrected chi connectivity index (χ0v) is 18.5. The molecule has 2 aromatic heterocycles. The topological polar surface area (TPSA) is 72.1 Å². The van der Waals surface area contributed by atoms with Gasteiger partial charge in [-0.3, -0.25) is 14.7 Å². The lowest BCUT2D eigenvalue weighted by molar-refractivity contribution is 0.100. The van der Waals surface area contributed by atoms with Gasteiger partial charge in [-0.05, 0) is 42.2 Å². The van der Waals surface area contributed by atoms with Crippen molar-refractivity contribution in [2.45, 2.75) is 19.4 Å². The van der Waals surface area contributed by atoms with Gasteiger partial charge in [-0.1, -0.05) is 42.0 Å². The number of piperidine rings is 1. The summed E-state index contributed by atoms with van der Waals surface area (Å²) in [5.41, 5.74) is 14.9. The Labute approximate surface area is 191 Å². The first-order chi connectivity index (χ1) is 15.7. The molecular weight excluding hydrogens is 416 g/mol. The maximum Gasteiger partial charge on any atom is 0.248 e. The van der Waals surface area contributed by atoms with Crippen LogP contribution in [0.3, 0.4) is 0 Å². The summed E-state index contributed by atoms with van der Waals surface area (Å²) in [6.07, 6.45) is 3.82. The van der Waals surface area contributed by atoms with Crippen LogP contribution in [0.4, 0.5) is 0 Å². The van der Waals surface area contributed by atoms with E-state index in [1.807, 2.05) is 42.0 Å². The van der Waals surface area contributed by atoms with Crippen LogP contribution in [-0.2, 0) is 6.54 Å². The highest BCUT2D eigenvalue weighted by Crippen LogP contribution is 2.35. The molecule has 2 N–H and O–H groups in total. The second kappa shape index (κ2) is 9.02. The minimum Gasteiger partial charge on any atom is -0.366 e. The molecule has 0 bridgehead atoms. The van der Waals surface area contributed by atoms with Crippen LogP contribution in [0.25, 0.3) is 16.5 Å². The van der Waals surface area contributed by atoms with Crippen molar-refractivity contribution in [3.05, 3.63) is 99.6 Å². The average Bonchev–Trinajstić information content (AvgIpc) is 3.34. The highest BCUT2D eigenvalue weighted by Gasteiger charge is 2.21. The second-order valence-electron chi connectivity index (χ2n) is 8.06. The molecule has 1 aliphatic heterocycles. The van der Waals surface area contributed by atoms with Gasteiger partial charge in [-0.2, -0.15) is 0 Å². The Bertz CT molecular complexity index is 1260. The molecule has 5 rings (SSSR count). The number of aromatic nitrogens is 2. The standard InChI is InChI=1S/C26H24N4OS/c27-26(31)21-8-6-18(7-9-21)24(23-5-1-3-20-4-2-12-28-25(20)23)19-10-13-30(14-11-19)15-22-16-32-17-29-22/h1-9,12,16-17H,10-11,13-15H2,(H2,27,31). The minimum absolute atomic E-state index is 0.409. The quantitative estimate of drug-likeness (QED) is 0.480. The Morgan fingerprint density at radius 3 is 2.44 bits per heavy atom. The lowest BCUT2D eigenvalue weighted by Crippen LogP contribution is -2.30. The lowest BCUT2D eigenvalue weighted by atomic mass is 9.87. The van der Waals surface area contributed by atoms with E-state index < -0.39 is 5.91 Å². The van der Waals surface area contributed by atoms with Crippen molar-refractivity contribution in [2.75, 3.05) is 13.1 Å². The van der Waals surface area contributed by atoms with E-state index in [9.17, 15) is 4.79 Å². The van der Waals surface area contributed by atoms with E-state index in [1.54, 1.807) is 11.3 Å². The molecule has 32 heavy (non-hydrogen) atoms. The summed E-state index contributed by atoms with van der Waals surface area (Å²) in [5, 5.41) is 3.25. The van der Waals surface area contributed by atoms with E-state index in [4.69, 9.17) is 10.7 Å². The fraction of sp³-hybridized carbons (Fsp3) is 0.192. The number of rotatable bonds is 5. The number of nitrogens with zero attached hydrogens (tertiary/aromatic N) is 3. The van der Waals surface area contributed by atoms with Gasteiger partial charge in [0.15, 0.2) is 0 Å². The summed E-state index contributed by atoms with van der Waals surface area (Å²) >= 11 is 1.65. The molecule has 0 aliphatic carbocycles. The molecule has 1 aliphatic rings. The molecule has 0 unspecified atom stereocenters. The maximum atomic E-state index is 11.6. The Morgan fingerprint density at radius 2 is 1.72 bits per heavy atom. The summed E-state index contributed by atoms with van der Waals surface area (Å²) in [7, 11) is 0. The van der Waals surface area contributed by atoms with Gasteiger partial charge in [-0.15, -0.1) is 11.3 Å². The number of para-hydroxylation sites is 1. The van der Waals surface area contributed by atoms with Gasteiger partial charge in [0.05, 0.1) is 16.7 Å². The van der Waals surface area contributed by atoms with E-state index in [1.165, 1.54) is 11.1 Å². The van der Waals surface area contributed by atoms with Gasteiger partial charge < -0.3 is 5.73 Å². The third kappa shape index (κ3) is 4.20. The van der Waals surface area contributed by atoms with E-state index in [2.05, 4.69) is 39.5 Å². The van der Waals surface area contributed by atoms with Crippen molar-refractivity contribution in [2.24, 2.45) is 5.73 Å². The molecule has 0 radical (unpaired) electrons. The Balaban J connectivity index is 1.55. The van der Waals surface area contributed by atoms with Crippen LogP contribution in [0.5, 0.6) is 0 Å². The molecule has 0 atom stereocenters. The molecular formula is C26H24N4OS. The largest absolute Gasteiger partial charge is 0.366 e. The molecule has 5 nitrogen and oxygen atoms in total. The number of carbonyl (C=O) groups is 1. The number of hydrogen-bond acceptors (Lipinski definition) is 5. The van der Waals surface area contributed by atoms with Crippen LogP contribution >= 0.6 is 11.3 Å². The molecule has 1 amide bonds. The fourth-order valence-electron chi connectivity index (χ4n) is 4.43. The van der Waals surface area contributed by atoms with E-state index in [-0.39, 0.29) is 0 Å². The van der Waals surface area contributed by atoms with Gasteiger partial charge in [0.25, 0.3) is 0 Å². The second-order valence-corrected chi connectivity index (χ2v) is 8.78. The van der Waals surface area contributed by atoms with Crippen molar-refractivity contribution in [3.8, 4) is 0 Å². The SMILES string of the molecule is NC(=O)c1ccc(C(=C2CCN(Cc3cscn3)CC2)c2cccc3cccnc23)cc1. The highest BCUT2D eigenvalue weighted by molar-refractivity contribution is 7.07. The first-order valence-corrected chi connectivity index (χ1v) is 11.7. The Morgan fingerprint density at radius 1 is 0.969 bits per heavy atom. The van der Waals surface area contributed by atoms with Gasteiger partial charge in [0, 0.05) is 47.7 Å². The Kier molecular flexibility index (Phi) is 5.79. The Hall–Kier alpha value is -3.35. The van der Waals surface area contributed by atoms with Gasteiger partial charge in [0.1, 0.15) is 0 Å². The number of likely N-dealkylation sites (tertiary alicyclic amines) is 1. The van der Waals surface area contributed by atoms with Crippen LogP contribution in [0, 0.1) is 0 Å². The van der Waals surface area contributed by atoms with Crippen LogP contribution in [0.2, 0.25) is 0 Å². The van der Waals surface area contributed by atoms with Crippen LogP contribution < -0.4 is 5.73 Å². The summed E-state index contributed by atoms with van der Waals surface area (Å²) in [6.45, 7) is 2.89. The number of hydrogen-bond donors (Lipinski definition) is 1. The number of thiazole rings is 1. The summed E-state index contributed by atoms with van der Waals surface area (Å²) in [6, 6.07) is 18.1. The van der Waals surface area contributed by atoms with Gasteiger partial charge >= 0.3 is 0 Å². The summed E-state index contributed by atoms with van der Waals surface area (Å²) in [5.74, 6) is -0.409. The number of nitrogens with two attached hydrogens (primary N) is 1. The molecule has 6 heteroatoms. The van der Waals surface area contributed by atoms with Gasteiger partial charge in [0.2, 0.25) is 5.91 Å². The molecule has 0 saturated carbocycles. The molecule has 3 heterocycles. The first-order valence-electron chi connectivity index (χ1n) is 10.7. The average molecular weight is 441 g/mol. The van der Waals surface area contributed by atoms with Crippen molar-refractivity contribution < 1.29 is 4.79 Å². The number of primary amides is 1. The van der Waals surface area contributed by atoms with Crippen molar-refractivity contribution >= 4 is 33.7 Å². The number of amides is 1. The highest BCUT2D eigenvalue weighted by atomic mass is 32.1. The smallest absolute Gasteiger partial charge is 0.248 e. The third-order valence-corrected chi connectivity index (χ3v) is 6.68. The monoisotopic (exact) mass is 440 g/mol. The van der Waals surface area contributed by atoms with Crippen LogP contribution in [0.15, 0.2) is 77.3 Å². The van der Waals surface area contributed by atoms with Crippen molar-refractivity contribution in [3.63, 3.8) is 0 Å². The predicted molar refractivity (Wildman–Crippen MR) is 129 cm³/mol. The van der Waals surface area contributed by atoms with Gasteiger partial charge in [-0.25, -0.2) is 4.98 Å². The van der Waals surface area contributed by atoms with E-state index in [0.717, 1.165) is 60.2 Å². The van der Waals surface area contributed by atoms with E-state index >= 15 is 0 Å². The van der Waals surface area contributed by atoms with Crippen molar-refractivity contribution in [1.82, 2.24) is 14.9 Å². The molecule has 1 saturated heterocycles. The first kappa shape index (κ1) is 20.5. The molecule has 1 fully saturated rings. The number of benzene rings is 2. The molecule has 0 spiro atoms. The number of pyridine rings is 1. The zero-order chi connectivity index (χ0) is 21.9. The normalized spacial score (nSPS) is 14.6.